The molecule has 0 radical (unpaired) electrons. The smallest absolute Gasteiger partial charge is 0.315 e. The fourth-order valence-electron chi connectivity index (χ4n) is 5.82. The molecule has 0 amide bonds. The molecule has 7 heteroatoms. The van der Waals surface area contributed by atoms with Crippen LogP contribution in [0.3, 0.4) is 0 Å². The maximum absolute atomic E-state index is 14.0. The lowest BCUT2D eigenvalue weighted by atomic mass is 9.76. The fraction of sp³-hybridized carbons (Fsp3) is 0.333. The van der Waals surface area contributed by atoms with Crippen LogP contribution in [0, 0.1) is 23.5 Å². The number of halogens is 2. The van der Waals surface area contributed by atoms with Crippen LogP contribution in [0.4, 0.5) is 8.78 Å². The predicted octanol–water partition coefficient (Wildman–Crippen LogP) is 5.35. The summed E-state index contributed by atoms with van der Waals surface area (Å²) in [6.45, 7) is 2.52. The summed E-state index contributed by atoms with van der Waals surface area (Å²) in [4.78, 5) is 26.7. The van der Waals surface area contributed by atoms with E-state index in [1.165, 1.54) is 24.3 Å². The molecule has 3 saturated heterocycles. The van der Waals surface area contributed by atoms with Gasteiger partial charge in [0, 0.05) is 18.4 Å². The Hall–Kier alpha value is -3.58. The molecule has 1 unspecified atom stereocenters. The molecule has 192 valence electrons. The van der Waals surface area contributed by atoms with E-state index in [0.717, 1.165) is 25.9 Å². The van der Waals surface area contributed by atoms with Crippen molar-refractivity contribution >= 4 is 11.8 Å². The minimum absolute atomic E-state index is 0.0347. The number of rotatable bonds is 8. The van der Waals surface area contributed by atoms with E-state index in [0.29, 0.717) is 40.0 Å². The Balaban J connectivity index is 1.35. The molecule has 0 saturated carbocycles. The van der Waals surface area contributed by atoms with Crippen LogP contribution in [0.5, 0.6) is 5.75 Å². The molecule has 0 N–H and O–H groups in total. The number of hydrogen-bond acceptors (Lipinski definition) is 4. The van der Waals surface area contributed by atoms with Gasteiger partial charge in [-0.3, -0.25) is 9.59 Å². The number of esters is 1. The van der Waals surface area contributed by atoms with Crippen LogP contribution < -0.4 is 4.74 Å². The molecule has 0 spiro atoms. The number of fused-ring (bicyclic) bond motifs is 3. The Labute approximate surface area is 215 Å². The van der Waals surface area contributed by atoms with Crippen molar-refractivity contribution in [3.05, 3.63) is 101 Å². The highest BCUT2D eigenvalue weighted by atomic mass is 19.1. The third kappa shape index (κ3) is 5.42. The van der Waals surface area contributed by atoms with Crippen molar-refractivity contribution in [2.75, 3.05) is 33.3 Å². The van der Waals surface area contributed by atoms with Crippen LogP contribution in [-0.2, 0) is 9.53 Å². The van der Waals surface area contributed by atoms with E-state index in [1.54, 1.807) is 55.6 Å². The Morgan fingerprint density at radius 1 is 0.919 bits per heavy atom. The summed E-state index contributed by atoms with van der Waals surface area (Å²) >= 11 is 0. The van der Waals surface area contributed by atoms with E-state index < -0.39 is 17.7 Å². The quantitative estimate of drug-likeness (QED) is 0.235. The van der Waals surface area contributed by atoms with Gasteiger partial charge < -0.3 is 14.0 Å². The van der Waals surface area contributed by atoms with Gasteiger partial charge in [-0.15, -0.1) is 0 Å². The Kier molecular flexibility index (Phi) is 7.07. The molecule has 1 atom stereocenters. The van der Waals surface area contributed by atoms with Gasteiger partial charge in [0.2, 0.25) is 5.78 Å². The molecular formula is C30H30F2NO4+. The van der Waals surface area contributed by atoms with Gasteiger partial charge in [-0.25, -0.2) is 8.78 Å². The molecule has 3 fully saturated rings. The van der Waals surface area contributed by atoms with Crippen LogP contribution in [0.2, 0.25) is 0 Å². The average molecular weight is 507 g/mol. The maximum atomic E-state index is 14.0. The molecule has 6 rings (SSSR count). The molecule has 3 aliphatic heterocycles. The van der Waals surface area contributed by atoms with Gasteiger partial charge in [0.1, 0.15) is 29.8 Å². The van der Waals surface area contributed by atoms with Crippen molar-refractivity contribution in [3.63, 3.8) is 0 Å². The minimum atomic E-state index is -0.927. The monoisotopic (exact) mass is 506 g/mol. The van der Waals surface area contributed by atoms with Gasteiger partial charge in [-0.1, -0.05) is 24.3 Å². The highest BCUT2D eigenvalue weighted by Gasteiger charge is 2.50. The molecule has 2 bridgehead atoms. The zero-order valence-electron chi connectivity index (χ0n) is 20.7. The lowest BCUT2D eigenvalue weighted by molar-refractivity contribution is -0.938. The van der Waals surface area contributed by atoms with Crippen molar-refractivity contribution in [3.8, 4) is 5.75 Å². The third-order valence-electron chi connectivity index (χ3n) is 7.83. The SMILES string of the molecule is COc1ccc(C(=O)C[N+]23CCC(CC2)C(C(=O)OC(c2cccc(F)c2)c2cccc(F)c2)C3)cc1. The number of nitrogens with zero attached hydrogens (tertiary/aromatic N) is 1. The molecule has 3 aromatic rings. The van der Waals surface area contributed by atoms with Crippen LogP contribution in [0.25, 0.3) is 0 Å². The molecule has 3 heterocycles. The average Bonchev–Trinajstić information content (AvgIpc) is 2.92. The van der Waals surface area contributed by atoms with Crippen molar-refractivity contribution in [2.24, 2.45) is 11.8 Å². The normalized spacial score (nSPS) is 22.6. The first-order chi connectivity index (χ1) is 17.9. The molecule has 0 aliphatic carbocycles. The largest absolute Gasteiger partial charge is 0.497 e. The zero-order valence-corrected chi connectivity index (χ0v) is 20.7. The number of carbonyl (C=O) groups excluding carboxylic acids is 2. The summed E-state index contributed by atoms with van der Waals surface area (Å²) in [7, 11) is 1.58. The second-order valence-electron chi connectivity index (χ2n) is 10.2. The lowest BCUT2D eigenvalue weighted by Gasteiger charge is -2.51. The first-order valence-electron chi connectivity index (χ1n) is 12.6. The Morgan fingerprint density at radius 3 is 2.05 bits per heavy atom. The summed E-state index contributed by atoms with van der Waals surface area (Å²) in [5.41, 5.74) is 1.51. The number of Topliss-reactive ketones (excluding diaryl/α,β-unsaturated/α-hetero) is 1. The van der Waals surface area contributed by atoms with Gasteiger partial charge in [0.15, 0.2) is 6.10 Å². The summed E-state index contributed by atoms with van der Waals surface area (Å²) in [6, 6.07) is 18.8. The third-order valence-corrected chi connectivity index (χ3v) is 7.83. The summed E-state index contributed by atoms with van der Waals surface area (Å²) in [5, 5.41) is 0. The predicted molar refractivity (Wildman–Crippen MR) is 134 cm³/mol. The van der Waals surface area contributed by atoms with E-state index >= 15 is 0 Å². The van der Waals surface area contributed by atoms with E-state index in [1.807, 2.05) is 0 Å². The maximum Gasteiger partial charge on any atom is 0.315 e. The second-order valence-corrected chi connectivity index (χ2v) is 10.2. The molecule has 37 heavy (non-hydrogen) atoms. The minimum Gasteiger partial charge on any atom is -0.497 e. The van der Waals surface area contributed by atoms with Crippen LogP contribution >= 0.6 is 0 Å². The van der Waals surface area contributed by atoms with Crippen molar-refractivity contribution in [1.29, 1.82) is 0 Å². The second kappa shape index (κ2) is 10.4. The molecular weight excluding hydrogens is 476 g/mol. The number of quaternary nitrogens is 1. The van der Waals surface area contributed by atoms with E-state index in [9.17, 15) is 18.4 Å². The molecule has 3 aliphatic rings. The van der Waals surface area contributed by atoms with E-state index in [4.69, 9.17) is 9.47 Å². The van der Waals surface area contributed by atoms with Crippen LogP contribution in [0.1, 0.15) is 40.4 Å². The summed E-state index contributed by atoms with van der Waals surface area (Å²) in [6.07, 6.45) is 0.740. The highest BCUT2D eigenvalue weighted by Crippen LogP contribution is 2.40. The first kappa shape index (κ1) is 25.1. The van der Waals surface area contributed by atoms with E-state index in [-0.39, 0.29) is 23.6 Å². The topological polar surface area (TPSA) is 52.6 Å². The number of carbonyl (C=O) groups is 2. The number of piperidine rings is 3. The standard InChI is InChI=1S/C30H30F2NO4/c1-36-26-10-8-21(9-11-26)28(34)19-33-14-12-20(13-15-33)27(18-33)30(35)37-29(22-4-2-6-24(31)16-22)23-5-3-7-25(32)17-23/h2-11,16-17,20,27,29H,12-15,18-19H2,1H3/q+1. The van der Waals surface area contributed by atoms with Crippen LogP contribution in [-0.4, -0.2) is 49.5 Å². The van der Waals surface area contributed by atoms with Crippen molar-refractivity contribution in [1.82, 2.24) is 0 Å². The highest BCUT2D eigenvalue weighted by molar-refractivity contribution is 5.97. The summed E-state index contributed by atoms with van der Waals surface area (Å²) < 4.78 is 39.8. The van der Waals surface area contributed by atoms with Crippen LogP contribution in [0.15, 0.2) is 72.8 Å². The molecule has 3 aromatic carbocycles. The van der Waals surface area contributed by atoms with Gasteiger partial charge in [-0.05, 0) is 65.6 Å². The number of hydrogen-bond donors (Lipinski definition) is 0. The number of benzene rings is 3. The fourth-order valence-corrected chi connectivity index (χ4v) is 5.82. The zero-order chi connectivity index (χ0) is 26.0. The van der Waals surface area contributed by atoms with Crippen molar-refractivity contribution < 1.29 is 32.3 Å². The first-order valence-corrected chi connectivity index (χ1v) is 12.6. The Morgan fingerprint density at radius 2 is 1.51 bits per heavy atom. The molecule has 5 nitrogen and oxygen atoms in total. The van der Waals surface area contributed by atoms with Gasteiger partial charge in [-0.2, -0.15) is 0 Å². The van der Waals surface area contributed by atoms with Gasteiger partial charge >= 0.3 is 5.97 Å². The van der Waals surface area contributed by atoms with Gasteiger partial charge in [0.05, 0.1) is 26.7 Å². The summed E-state index contributed by atoms with van der Waals surface area (Å²) in [5.74, 6) is -0.787. The number of ketones is 1. The van der Waals surface area contributed by atoms with Gasteiger partial charge in [0.25, 0.3) is 0 Å². The molecule has 0 aromatic heterocycles. The van der Waals surface area contributed by atoms with E-state index in [2.05, 4.69) is 0 Å². The lowest BCUT2D eigenvalue weighted by Crippen LogP contribution is -2.64. The number of methoxy groups -OCH3 is 1. The number of ether oxygens (including phenoxy) is 2. The van der Waals surface area contributed by atoms with Crippen molar-refractivity contribution in [2.45, 2.75) is 18.9 Å². The Bertz CT molecular complexity index is 1240.